The topological polar surface area (TPSA) is 4.93 Å². The summed E-state index contributed by atoms with van der Waals surface area (Å²) in [5.74, 6) is 0. The summed E-state index contributed by atoms with van der Waals surface area (Å²) in [6.45, 7) is 0. The Morgan fingerprint density at radius 3 is 1.77 bits per heavy atom. The second-order valence-electron chi connectivity index (χ2n) is 14.2. The van der Waals surface area contributed by atoms with Crippen molar-refractivity contribution in [2.45, 2.75) is 5.41 Å². The first-order valence-corrected chi connectivity index (χ1v) is 19.0. The average molecular weight is 739 g/mol. The van der Waals surface area contributed by atoms with E-state index >= 15 is 0 Å². The summed E-state index contributed by atoms with van der Waals surface area (Å²) in [5, 5.41) is 7.52. The zero-order valence-corrected chi connectivity index (χ0v) is 30.4. The lowest BCUT2D eigenvalue weighted by Gasteiger charge is -2.34. The van der Waals surface area contributed by atoms with Crippen molar-refractivity contribution in [1.29, 1.82) is 0 Å². The Kier molecular flexibility index (Phi) is 6.68. The van der Waals surface area contributed by atoms with E-state index in [4.69, 9.17) is 0 Å². The zero-order valence-electron chi connectivity index (χ0n) is 28.8. The molecule has 1 aromatic heterocycles. The average Bonchev–Trinajstić information content (AvgIpc) is 3.72. The van der Waals surface area contributed by atoms with E-state index in [-0.39, 0.29) is 0 Å². The van der Waals surface area contributed by atoms with E-state index in [2.05, 4.69) is 215 Å². The van der Waals surface area contributed by atoms with Crippen molar-refractivity contribution in [3.8, 4) is 27.9 Å². The number of fused-ring (bicyclic) bond motifs is 10. The maximum atomic E-state index is 3.84. The Bertz CT molecular complexity index is 3020. The fourth-order valence-electron chi connectivity index (χ4n) is 9.30. The van der Waals surface area contributed by atoms with Crippen LogP contribution in [0.2, 0.25) is 0 Å². The molecule has 10 aromatic rings. The molecule has 0 bridgehead atoms. The molecule has 0 radical (unpaired) electrons. The van der Waals surface area contributed by atoms with Crippen molar-refractivity contribution in [2.24, 2.45) is 0 Å². The molecule has 248 valence electrons. The number of aromatic nitrogens is 1. The molecule has 11 rings (SSSR count). The van der Waals surface area contributed by atoms with Gasteiger partial charge >= 0.3 is 0 Å². The predicted molar refractivity (Wildman–Crippen MR) is 226 cm³/mol. The van der Waals surface area contributed by atoms with Gasteiger partial charge in [0, 0.05) is 26.3 Å². The van der Waals surface area contributed by atoms with Crippen molar-refractivity contribution >= 4 is 59.3 Å². The van der Waals surface area contributed by atoms with E-state index in [0.29, 0.717) is 0 Å². The van der Waals surface area contributed by atoms with E-state index in [9.17, 15) is 0 Å². The highest BCUT2D eigenvalue weighted by Gasteiger charge is 2.46. The normalized spacial score (nSPS) is 13.2. The number of hydrogen-bond acceptors (Lipinski definition) is 0. The SMILES string of the molecule is Brc1ccccc1-c1ccc2c3ccc4ccccc4c3n(-c3ccc4c(c3)-c3c(ccc5ccccc35)C4(c3ccccc3)c3ccccc3)c2c1. The van der Waals surface area contributed by atoms with Gasteiger partial charge < -0.3 is 4.57 Å². The smallest absolute Gasteiger partial charge is 0.0713 e. The van der Waals surface area contributed by atoms with Crippen LogP contribution in [-0.2, 0) is 5.41 Å². The fraction of sp³-hybridized carbons (Fsp3) is 0.0196. The predicted octanol–water partition coefficient (Wildman–Crippen LogP) is 13.9. The highest BCUT2D eigenvalue weighted by Crippen LogP contribution is 2.58. The third-order valence-corrected chi connectivity index (χ3v) is 12.2. The summed E-state index contributed by atoms with van der Waals surface area (Å²) in [5.41, 5.74) is 13.2. The van der Waals surface area contributed by atoms with Gasteiger partial charge in [0.05, 0.1) is 16.4 Å². The van der Waals surface area contributed by atoms with Crippen LogP contribution in [0.1, 0.15) is 22.3 Å². The molecule has 0 amide bonds. The number of hydrogen-bond donors (Lipinski definition) is 0. The molecule has 0 fully saturated rings. The van der Waals surface area contributed by atoms with Crippen LogP contribution >= 0.6 is 15.9 Å². The molecule has 0 atom stereocenters. The number of halogens is 1. The summed E-state index contributed by atoms with van der Waals surface area (Å²) in [7, 11) is 0. The van der Waals surface area contributed by atoms with Gasteiger partial charge in [0.25, 0.3) is 0 Å². The van der Waals surface area contributed by atoms with Crippen LogP contribution in [0.5, 0.6) is 0 Å². The van der Waals surface area contributed by atoms with Gasteiger partial charge in [0.1, 0.15) is 0 Å². The van der Waals surface area contributed by atoms with Crippen molar-refractivity contribution < 1.29 is 0 Å². The third-order valence-electron chi connectivity index (χ3n) is 11.5. The summed E-state index contributed by atoms with van der Waals surface area (Å²) < 4.78 is 3.61. The Labute approximate surface area is 316 Å². The summed E-state index contributed by atoms with van der Waals surface area (Å²) >= 11 is 3.84. The second kappa shape index (κ2) is 11.6. The van der Waals surface area contributed by atoms with E-state index < -0.39 is 5.41 Å². The van der Waals surface area contributed by atoms with Crippen LogP contribution in [0.25, 0.3) is 71.3 Å². The van der Waals surface area contributed by atoms with Gasteiger partial charge in [0.2, 0.25) is 0 Å². The van der Waals surface area contributed by atoms with Gasteiger partial charge in [-0.3, -0.25) is 0 Å². The van der Waals surface area contributed by atoms with Gasteiger partial charge in [-0.1, -0.05) is 186 Å². The van der Waals surface area contributed by atoms with Crippen LogP contribution in [0.15, 0.2) is 199 Å². The molecule has 9 aromatic carbocycles. The molecule has 0 aliphatic heterocycles. The molecular weight excluding hydrogens is 706 g/mol. The molecular formula is C51H32BrN. The molecule has 1 aliphatic rings. The first kappa shape index (κ1) is 30.4. The van der Waals surface area contributed by atoms with Gasteiger partial charge in [-0.15, -0.1) is 0 Å². The molecule has 53 heavy (non-hydrogen) atoms. The van der Waals surface area contributed by atoms with Crippen LogP contribution in [0.4, 0.5) is 0 Å². The minimum absolute atomic E-state index is 0.476. The highest BCUT2D eigenvalue weighted by atomic mass is 79.9. The highest BCUT2D eigenvalue weighted by molar-refractivity contribution is 9.10. The van der Waals surface area contributed by atoms with E-state index in [0.717, 1.165) is 10.2 Å². The van der Waals surface area contributed by atoms with Crippen molar-refractivity contribution in [2.75, 3.05) is 0 Å². The van der Waals surface area contributed by atoms with E-state index in [1.807, 2.05) is 0 Å². The van der Waals surface area contributed by atoms with Gasteiger partial charge in [-0.25, -0.2) is 0 Å². The molecule has 1 aliphatic carbocycles. The molecule has 2 heteroatoms. The second-order valence-corrected chi connectivity index (χ2v) is 15.0. The molecule has 0 saturated carbocycles. The molecule has 0 saturated heterocycles. The number of rotatable bonds is 4. The molecule has 0 unspecified atom stereocenters. The van der Waals surface area contributed by atoms with Crippen LogP contribution in [0.3, 0.4) is 0 Å². The Morgan fingerprint density at radius 2 is 1.02 bits per heavy atom. The zero-order chi connectivity index (χ0) is 35.1. The lowest BCUT2D eigenvalue weighted by atomic mass is 9.67. The Balaban J connectivity index is 1.28. The van der Waals surface area contributed by atoms with Gasteiger partial charge in [-0.2, -0.15) is 0 Å². The molecule has 1 nitrogen and oxygen atoms in total. The van der Waals surface area contributed by atoms with Crippen LogP contribution in [0, 0.1) is 0 Å². The van der Waals surface area contributed by atoms with E-state index in [1.54, 1.807) is 0 Å². The van der Waals surface area contributed by atoms with Gasteiger partial charge in [0.15, 0.2) is 0 Å². The maximum absolute atomic E-state index is 3.84. The lowest BCUT2D eigenvalue weighted by molar-refractivity contribution is 0.769. The quantitative estimate of drug-likeness (QED) is 0.169. The fourth-order valence-corrected chi connectivity index (χ4v) is 9.81. The molecule has 1 heterocycles. The van der Waals surface area contributed by atoms with Crippen molar-refractivity contribution in [3.05, 3.63) is 221 Å². The summed E-state index contributed by atoms with van der Waals surface area (Å²) in [6, 6.07) is 71.8. The largest absolute Gasteiger partial charge is 0.309 e. The first-order valence-electron chi connectivity index (χ1n) is 18.2. The Hall–Kier alpha value is -6.22. The molecule has 0 spiro atoms. The summed E-state index contributed by atoms with van der Waals surface area (Å²) in [6.07, 6.45) is 0. The minimum Gasteiger partial charge on any atom is -0.309 e. The Morgan fingerprint density at radius 1 is 0.415 bits per heavy atom. The van der Waals surface area contributed by atoms with Crippen LogP contribution in [-0.4, -0.2) is 4.57 Å². The molecule has 0 N–H and O–H groups in total. The minimum atomic E-state index is -0.476. The standard InChI is InChI=1S/C51H32BrN/c52-47-22-12-11-19-39(47)35-24-27-42-43-28-23-34-14-8-10-21-41(34)50(43)53(48(42)31-35)38-26-30-45-44(32-38)49-40-20-9-7-13-33(40)25-29-46(49)51(45,36-15-3-1-4-16-36)37-17-5-2-6-18-37/h1-32H. The number of nitrogens with zero attached hydrogens (tertiary/aromatic N) is 1. The lowest BCUT2D eigenvalue weighted by Crippen LogP contribution is -2.28. The van der Waals surface area contributed by atoms with Crippen LogP contribution < -0.4 is 0 Å². The monoisotopic (exact) mass is 737 g/mol. The van der Waals surface area contributed by atoms with Crippen molar-refractivity contribution in [3.63, 3.8) is 0 Å². The van der Waals surface area contributed by atoms with Gasteiger partial charge in [-0.05, 0) is 84.9 Å². The van der Waals surface area contributed by atoms with Crippen molar-refractivity contribution in [1.82, 2.24) is 4.57 Å². The number of benzene rings is 9. The van der Waals surface area contributed by atoms with E-state index in [1.165, 1.54) is 87.9 Å². The summed E-state index contributed by atoms with van der Waals surface area (Å²) in [4.78, 5) is 0. The first-order chi connectivity index (χ1) is 26.2. The third kappa shape index (κ3) is 4.30. The maximum Gasteiger partial charge on any atom is 0.0713 e.